The normalized spacial score (nSPS) is 19.0. The van der Waals surface area contributed by atoms with Crippen LogP contribution >= 0.6 is 0 Å². The molecular formula is C14H16N4O3. The van der Waals surface area contributed by atoms with Crippen LogP contribution in [0.1, 0.15) is 40.8 Å². The quantitative estimate of drug-likeness (QED) is 0.782. The molecule has 21 heavy (non-hydrogen) atoms. The van der Waals surface area contributed by atoms with E-state index in [0.717, 1.165) is 25.1 Å². The predicted molar refractivity (Wildman–Crippen MR) is 75.0 cm³/mol. The van der Waals surface area contributed by atoms with Gasteiger partial charge in [0.2, 0.25) is 0 Å². The van der Waals surface area contributed by atoms with Gasteiger partial charge in [0, 0.05) is 12.7 Å². The minimum atomic E-state index is -1.13. The number of nitrogens with zero attached hydrogens (tertiary/aromatic N) is 2. The summed E-state index contributed by atoms with van der Waals surface area (Å²) in [7, 11) is 0. The van der Waals surface area contributed by atoms with Gasteiger partial charge in [-0.2, -0.15) is 0 Å². The van der Waals surface area contributed by atoms with Gasteiger partial charge < -0.3 is 10.1 Å². The van der Waals surface area contributed by atoms with Crippen LogP contribution in [0.15, 0.2) is 29.2 Å². The Morgan fingerprint density at radius 2 is 2.29 bits per heavy atom. The topological polar surface area (TPSA) is 102 Å². The lowest BCUT2D eigenvalue weighted by molar-refractivity contribution is 0.0688. The maximum absolute atomic E-state index is 11.3. The average Bonchev–Trinajstić information content (AvgIpc) is 3.07. The number of hydrogen-bond acceptors (Lipinski definition) is 4. The van der Waals surface area contributed by atoms with E-state index in [1.54, 1.807) is 6.20 Å². The van der Waals surface area contributed by atoms with Crippen molar-refractivity contribution in [3.63, 3.8) is 0 Å². The lowest BCUT2D eigenvalue weighted by Crippen LogP contribution is -2.24. The zero-order valence-electron chi connectivity index (χ0n) is 11.4. The fraction of sp³-hybridized carbons (Fsp3) is 0.357. The fourth-order valence-corrected chi connectivity index (χ4v) is 2.85. The van der Waals surface area contributed by atoms with E-state index in [9.17, 15) is 9.59 Å². The number of aromatic amines is 2. The SMILES string of the molecule is O=C(O)c1[nH]c(=O)[nH]c1CN1CCC[C@H]1c1ccccn1. The van der Waals surface area contributed by atoms with Gasteiger partial charge in [0.1, 0.15) is 5.69 Å². The summed E-state index contributed by atoms with van der Waals surface area (Å²) in [5.74, 6) is -1.13. The van der Waals surface area contributed by atoms with Gasteiger partial charge >= 0.3 is 11.7 Å². The van der Waals surface area contributed by atoms with Gasteiger partial charge in [-0.15, -0.1) is 0 Å². The number of carboxylic acids is 1. The molecule has 3 N–H and O–H groups in total. The lowest BCUT2D eigenvalue weighted by atomic mass is 10.1. The molecule has 3 rings (SSSR count). The Morgan fingerprint density at radius 1 is 1.43 bits per heavy atom. The predicted octanol–water partition coefficient (Wildman–Crippen LogP) is 1.13. The summed E-state index contributed by atoms with van der Waals surface area (Å²) < 4.78 is 0. The summed E-state index contributed by atoms with van der Waals surface area (Å²) in [5.41, 5.74) is 0.836. The monoisotopic (exact) mass is 288 g/mol. The molecule has 1 aliphatic rings. The number of hydrogen-bond donors (Lipinski definition) is 3. The second-order valence-electron chi connectivity index (χ2n) is 5.12. The molecule has 1 fully saturated rings. The van der Waals surface area contributed by atoms with Gasteiger partial charge in [0.15, 0.2) is 0 Å². The third kappa shape index (κ3) is 2.73. The van der Waals surface area contributed by atoms with E-state index in [0.29, 0.717) is 12.2 Å². The summed E-state index contributed by atoms with van der Waals surface area (Å²) in [5, 5.41) is 9.11. The van der Waals surface area contributed by atoms with Crippen molar-refractivity contribution in [3.05, 3.63) is 52.0 Å². The largest absolute Gasteiger partial charge is 0.477 e. The summed E-state index contributed by atoms with van der Waals surface area (Å²) in [6.45, 7) is 1.25. The van der Waals surface area contributed by atoms with Crippen LogP contribution in [0.25, 0.3) is 0 Å². The molecule has 0 unspecified atom stereocenters. The van der Waals surface area contributed by atoms with Gasteiger partial charge in [-0.05, 0) is 31.5 Å². The molecule has 110 valence electrons. The molecule has 0 bridgehead atoms. The van der Waals surface area contributed by atoms with E-state index < -0.39 is 11.7 Å². The number of H-pyrrole nitrogens is 2. The highest BCUT2D eigenvalue weighted by atomic mass is 16.4. The number of aromatic carboxylic acids is 1. The van der Waals surface area contributed by atoms with Crippen molar-refractivity contribution < 1.29 is 9.90 Å². The summed E-state index contributed by atoms with van der Waals surface area (Å²) in [4.78, 5) is 33.9. The van der Waals surface area contributed by atoms with Crippen molar-refractivity contribution in [2.45, 2.75) is 25.4 Å². The summed E-state index contributed by atoms with van der Waals surface area (Å²) >= 11 is 0. The van der Waals surface area contributed by atoms with Crippen molar-refractivity contribution in [1.82, 2.24) is 19.9 Å². The van der Waals surface area contributed by atoms with E-state index in [4.69, 9.17) is 5.11 Å². The molecule has 0 amide bonds. The van der Waals surface area contributed by atoms with Crippen LogP contribution in [0.3, 0.4) is 0 Å². The first-order chi connectivity index (χ1) is 10.1. The number of likely N-dealkylation sites (tertiary alicyclic amines) is 1. The molecule has 0 radical (unpaired) electrons. The number of imidazole rings is 1. The maximum Gasteiger partial charge on any atom is 0.354 e. The number of carboxylic acid groups (broad SMARTS) is 1. The van der Waals surface area contributed by atoms with Gasteiger partial charge in [0.05, 0.1) is 17.4 Å². The molecule has 1 atom stereocenters. The molecule has 0 saturated carbocycles. The van der Waals surface area contributed by atoms with Crippen LogP contribution in [0.5, 0.6) is 0 Å². The summed E-state index contributed by atoms with van der Waals surface area (Å²) in [6.07, 6.45) is 3.76. The number of carbonyl (C=O) groups is 1. The smallest absolute Gasteiger partial charge is 0.354 e. The number of nitrogens with one attached hydrogen (secondary N) is 2. The highest BCUT2D eigenvalue weighted by Gasteiger charge is 2.28. The summed E-state index contributed by atoms with van der Waals surface area (Å²) in [6, 6.07) is 5.95. The van der Waals surface area contributed by atoms with E-state index in [1.807, 2.05) is 18.2 Å². The Labute approximate surface area is 120 Å². The zero-order valence-corrected chi connectivity index (χ0v) is 11.4. The van der Waals surface area contributed by atoms with E-state index >= 15 is 0 Å². The number of aromatic nitrogens is 3. The second kappa shape index (κ2) is 5.53. The Hall–Kier alpha value is -2.41. The second-order valence-corrected chi connectivity index (χ2v) is 5.12. The standard InChI is InChI=1S/C14H16N4O3/c19-13(20)12-10(16-14(21)17-12)8-18-7-3-5-11(18)9-4-1-2-6-15-9/h1-2,4,6,11H,3,5,7-8H2,(H,19,20)(H2,16,17,21)/t11-/m0/s1. The molecule has 0 spiro atoms. The van der Waals surface area contributed by atoms with Crippen molar-refractivity contribution in [1.29, 1.82) is 0 Å². The molecule has 0 aromatic carbocycles. The molecule has 3 heterocycles. The van der Waals surface area contributed by atoms with Crippen molar-refractivity contribution in [3.8, 4) is 0 Å². The molecule has 1 saturated heterocycles. The Kier molecular flexibility index (Phi) is 3.57. The highest BCUT2D eigenvalue weighted by molar-refractivity contribution is 5.86. The van der Waals surface area contributed by atoms with Crippen molar-refractivity contribution in [2.75, 3.05) is 6.54 Å². The van der Waals surface area contributed by atoms with Gasteiger partial charge in [0.25, 0.3) is 0 Å². The Balaban J connectivity index is 1.84. The highest BCUT2D eigenvalue weighted by Crippen LogP contribution is 2.31. The first-order valence-corrected chi connectivity index (χ1v) is 6.84. The molecule has 7 nitrogen and oxygen atoms in total. The van der Waals surface area contributed by atoms with Gasteiger partial charge in [-0.3, -0.25) is 14.9 Å². The van der Waals surface area contributed by atoms with Gasteiger partial charge in [-0.1, -0.05) is 6.07 Å². The minimum absolute atomic E-state index is 0.0633. The minimum Gasteiger partial charge on any atom is -0.477 e. The molecule has 1 aliphatic heterocycles. The first kappa shape index (κ1) is 13.6. The Bertz CT molecular complexity index is 692. The fourth-order valence-electron chi connectivity index (χ4n) is 2.85. The van der Waals surface area contributed by atoms with Crippen LogP contribution in [-0.4, -0.2) is 37.5 Å². The molecule has 0 aliphatic carbocycles. The zero-order chi connectivity index (χ0) is 14.8. The van der Waals surface area contributed by atoms with Crippen LogP contribution < -0.4 is 5.69 Å². The van der Waals surface area contributed by atoms with Crippen LogP contribution in [0.4, 0.5) is 0 Å². The van der Waals surface area contributed by atoms with Crippen molar-refractivity contribution in [2.24, 2.45) is 0 Å². The maximum atomic E-state index is 11.3. The molecule has 2 aromatic rings. The van der Waals surface area contributed by atoms with Crippen LogP contribution in [-0.2, 0) is 6.54 Å². The van der Waals surface area contributed by atoms with Crippen LogP contribution in [0.2, 0.25) is 0 Å². The van der Waals surface area contributed by atoms with Crippen molar-refractivity contribution >= 4 is 5.97 Å². The van der Waals surface area contributed by atoms with E-state index in [1.165, 1.54) is 0 Å². The third-order valence-corrected chi connectivity index (χ3v) is 3.77. The van der Waals surface area contributed by atoms with E-state index in [2.05, 4.69) is 19.9 Å². The third-order valence-electron chi connectivity index (χ3n) is 3.77. The van der Waals surface area contributed by atoms with E-state index in [-0.39, 0.29) is 11.7 Å². The Morgan fingerprint density at radius 3 is 3.00 bits per heavy atom. The molecular weight excluding hydrogens is 272 g/mol. The van der Waals surface area contributed by atoms with Crippen LogP contribution in [0, 0.1) is 0 Å². The first-order valence-electron chi connectivity index (χ1n) is 6.84. The average molecular weight is 288 g/mol. The lowest BCUT2D eigenvalue weighted by Gasteiger charge is -2.23. The molecule has 2 aromatic heterocycles. The number of rotatable bonds is 4. The molecule has 7 heteroatoms. The van der Waals surface area contributed by atoms with Gasteiger partial charge in [-0.25, -0.2) is 9.59 Å². The number of pyridine rings is 1.